The highest BCUT2D eigenvalue weighted by Gasteiger charge is 2.11. The quantitative estimate of drug-likeness (QED) is 0.902. The molecular formula is C9H12N6OS2. The van der Waals surface area contributed by atoms with Crippen molar-refractivity contribution in [3.63, 3.8) is 0 Å². The van der Waals surface area contributed by atoms with Gasteiger partial charge in [-0.25, -0.2) is 0 Å². The van der Waals surface area contributed by atoms with E-state index in [0.717, 1.165) is 9.35 Å². The first-order valence-electron chi connectivity index (χ1n) is 5.19. The first-order valence-corrected chi connectivity index (χ1v) is 6.82. The van der Waals surface area contributed by atoms with E-state index < -0.39 is 0 Å². The molecule has 2 rings (SSSR count). The number of aryl methyl sites for hydroxylation is 1. The van der Waals surface area contributed by atoms with Crippen molar-refractivity contribution in [2.75, 3.05) is 5.73 Å². The molecule has 0 spiro atoms. The Balaban J connectivity index is 2.19. The van der Waals surface area contributed by atoms with E-state index in [9.17, 15) is 0 Å². The van der Waals surface area contributed by atoms with Gasteiger partial charge in [0.05, 0.1) is 6.10 Å². The van der Waals surface area contributed by atoms with E-state index in [2.05, 4.69) is 25.1 Å². The molecule has 96 valence electrons. The fourth-order valence-electron chi connectivity index (χ4n) is 1.06. The third-order valence-electron chi connectivity index (χ3n) is 1.64. The van der Waals surface area contributed by atoms with Crippen molar-refractivity contribution in [2.45, 2.75) is 36.4 Å². The van der Waals surface area contributed by atoms with Crippen molar-refractivity contribution in [3.05, 3.63) is 5.01 Å². The molecule has 0 amide bonds. The van der Waals surface area contributed by atoms with Gasteiger partial charge < -0.3 is 10.5 Å². The lowest BCUT2D eigenvalue weighted by molar-refractivity contribution is 0.219. The fraction of sp³-hybridized carbons (Fsp3) is 0.444. The van der Waals surface area contributed by atoms with E-state index >= 15 is 0 Å². The van der Waals surface area contributed by atoms with Crippen molar-refractivity contribution in [1.82, 2.24) is 25.1 Å². The monoisotopic (exact) mass is 284 g/mol. The van der Waals surface area contributed by atoms with Crippen molar-refractivity contribution in [1.29, 1.82) is 0 Å². The molecule has 0 aliphatic heterocycles. The maximum atomic E-state index is 5.61. The second-order valence-corrected chi connectivity index (χ2v) is 6.01. The zero-order chi connectivity index (χ0) is 13.1. The van der Waals surface area contributed by atoms with Gasteiger partial charge in [-0.2, -0.15) is 15.0 Å². The predicted molar refractivity (Wildman–Crippen MR) is 68.8 cm³/mol. The highest BCUT2D eigenvalue weighted by molar-refractivity contribution is 8.00. The molecule has 0 fully saturated rings. The summed E-state index contributed by atoms with van der Waals surface area (Å²) in [5.74, 6) is 0.129. The molecule has 9 heteroatoms. The van der Waals surface area contributed by atoms with E-state index in [1.165, 1.54) is 23.1 Å². The molecule has 2 N–H and O–H groups in total. The fourth-order valence-corrected chi connectivity index (χ4v) is 2.73. The Hall–Kier alpha value is -1.48. The van der Waals surface area contributed by atoms with Crippen LogP contribution in [0.3, 0.4) is 0 Å². The first kappa shape index (κ1) is 13.0. The molecule has 0 unspecified atom stereocenters. The lowest BCUT2D eigenvalue weighted by Gasteiger charge is -2.07. The van der Waals surface area contributed by atoms with Gasteiger partial charge in [-0.3, -0.25) is 0 Å². The van der Waals surface area contributed by atoms with Crippen LogP contribution in [0.2, 0.25) is 0 Å². The zero-order valence-corrected chi connectivity index (χ0v) is 11.7. The molecule has 0 radical (unpaired) electrons. The molecule has 0 saturated carbocycles. The molecule has 0 saturated heterocycles. The largest absolute Gasteiger partial charge is 0.461 e. The number of anilines is 1. The Bertz CT molecular complexity index is 544. The SMILES string of the molecule is Cc1nnc(Sc2nc(N)nc(OC(C)C)n2)s1. The molecule has 0 aromatic carbocycles. The molecule has 0 atom stereocenters. The van der Waals surface area contributed by atoms with Gasteiger partial charge in [0.2, 0.25) is 11.1 Å². The molecule has 2 aromatic rings. The second kappa shape index (κ2) is 5.44. The Morgan fingerprint density at radius 2 is 2.00 bits per heavy atom. The third kappa shape index (κ3) is 3.50. The van der Waals surface area contributed by atoms with Crippen LogP contribution in [0, 0.1) is 6.92 Å². The zero-order valence-electron chi connectivity index (χ0n) is 10.1. The minimum Gasteiger partial charge on any atom is -0.461 e. The highest BCUT2D eigenvalue weighted by Crippen LogP contribution is 2.28. The van der Waals surface area contributed by atoms with Crippen LogP contribution >= 0.6 is 23.1 Å². The van der Waals surface area contributed by atoms with E-state index in [1.807, 2.05) is 20.8 Å². The van der Waals surface area contributed by atoms with Crippen molar-refractivity contribution in [2.24, 2.45) is 0 Å². The average molecular weight is 284 g/mol. The summed E-state index contributed by atoms with van der Waals surface area (Å²) in [6, 6.07) is 0.223. The summed E-state index contributed by atoms with van der Waals surface area (Å²) in [5.41, 5.74) is 5.61. The Morgan fingerprint density at radius 3 is 2.61 bits per heavy atom. The molecule has 0 bridgehead atoms. The smallest absolute Gasteiger partial charge is 0.322 e. The summed E-state index contributed by atoms with van der Waals surface area (Å²) in [6.45, 7) is 5.67. The van der Waals surface area contributed by atoms with Gasteiger partial charge in [0.15, 0.2) is 4.34 Å². The van der Waals surface area contributed by atoms with Crippen LogP contribution in [0.1, 0.15) is 18.9 Å². The first-order chi connectivity index (χ1) is 8.52. The summed E-state index contributed by atoms with van der Waals surface area (Å²) in [6.07, 6.45) is -0.0200. The normalized spacial score (nSPS) is 10.9. The number of rotatable bonds is 4. The second-order valence-electron chi connectivity index (χ2n) is 3.61. The molecule has 0 aliphatic carbocycles. The van der Waals surface area contributed by atoms with Crippen LogP contribution in [0.4, 0.5) is 5.95 Å². The number of hydrogen-bond donors (Lipinski definition) is 1. The molecule has 18 heavy (non-hydrogen) atoms. The summed E-state index contributed by atoms with van der Waals surface area (Å²) < 4.78 is 6.15. The van der Waals surface area contributed by atoms with Crippen molar-refractivity contribution in [3.8, 4) is 6.01 Å². The standard InChI is InChI=1S/C9H12N6OS2/c1-4(2)16-7-11-6(10)12-8(13-7)18-9-15-14-5(3)17-9/h4H,1-3H3,(H2,10,11,12,13). The van der Waals surface area contributed by atoms with E-state index in [0.29, 0.717) is 5.16 Å². The van der Waals surface area contributed by atoms with Gasteiger partial charge in [-0.15, -0.1) is 10.2 Å². The topological polar surface area (TPSA) is 99.7 Å². The van der Waals surface area contributed by atoms with Crippen LogP contribution in [0.5, 0.6) is 6.01 Å². The van der Waals surface area contributed by atoms with E-state index in [-0.39, 0.29) is 18.1 Å². The van der Waals surface area contributed by atoms with Gasteiger partial charge in [0.1, 0.15) is 5.01 Å². The van der Waals surface area contributed by atoms with Gasteiger partial charge in [-0.05, 0) is 32.5 Å². The lowest BCUT2D eigenvalue weighted by Crippen LogP contribution is -2.10. The van der Waals surface area contributed by atoms with Crippen LogP contribution in [0.25, 0.3) is 0 Å². The molecule has 7 nitrogen and oxygen atoms in total. The number of ether oxygens (including phenoxy) is 1. The molecule has 2 heterocycles. The van der Waals surface area contributed by atoms with Gasteiger partial charge >= 0.3 is 6.01 Å². The van der Waals surface area contributed by atoms with Crippen LogP contribution in [0.15, 0.2) is 9.50 Å². The number of nitrogens with two attached hydrogens (primary N) is 1. The minimum atomic E-state index is -0.0200. The molecular weight excluding hydrogens is 272 g/mol. The number of hydrogen-bond acceptors (Lipinski definition) is 9. The third-order valence-corrected chi connectivity index (χ3v) is 3.39. The number of nitrogens with zero attached hydrogens (tertiary/aromatic N) is 5. The number of aromatic nitrogens is 5. The molecule has 0 aliphatic rings. The maximum absolute atomic E-state index is 5.61. The molecule has 2 aromatic heterocycles. The maximum Gasteiger partial charge on any atom is 0.322 e. The van der Waals surface area contributed by atoms with Crippen LogP contribution in [-0.2, 0) is 0 Å². The van der Waals surface area contributed by atoms with Crippen LogP contribution < -0.4 is 10.5 Å². The summed E-state index contributed by atoms with van der Waals surface area (Å²) in [4.78, 5) is 12.1. The van der Waals surface area contributed by atoms with Gasteiger partial charge in [0, 0.05) is 0 Å². The average Bonchev–Trinajstić information content (AvgIpc) is 2.61. The predicted octanol–water partition coefficient (Wildman–Crippen LogP) is 1.55. The summed E-state index contributed by atoms with van der Waals surface area (Å²) >= 11 is 2.75. The highest BCUT2D eigenvalue weighted by atomic mass is 32.2. The Kier molecular flexibility index (Phi) is 3.92. The number of nitrogen functional groups attached to an aromatic ring is 1. The van der Waals surface area contributed by atoms with Crippen LogP contribution in [-0.4, -0.2) is 31.3 Å². The Labute approximate surface area is 112 Å². The van der Waals surface area contributed by atoms with Crippen molar-refractivity contribution < 1.29 is 4.74 Å². The minimum absolute atomic E-state index is 0.0200. The summed E-state index contributed by atoms with van der Waals surface area (Å²) in [7, 11) is 0. The van der Waals surface area contributed by atoms with E-state index in [4.69, 9.17) is 10.5 Å². The lowest BCUT2D eigenvalue weighted by atomic mass is 10.5. The van der Waals surface area contributed by atoms with E-state index in [1.54, 1.807) is 0 Å². The van der Waals surface area contributed by atoms with Gasteiger partial charge in [-0.1, -0.05) is 11.3 Å². The Morgan fingerprint density at radius 1 is 1.22 bits per heavy atom. The van der Waals surface area contributed by atoms with Gasteiger partial charge in [0.25, 0.3) is 0 Å². The summed E-state index contributed by atoms with van der Waals surface area (Å²) in [5, 5.41) is 9.24. The van der Waals surface area contributed by atoms with Crippen molar-refractivity contribution >= 4 is 29.0 Å².